The first-order valence-electron chi connectivity index (χ1n) is 8.26. The van der Waals surface area contributed by atoms with Crippen LogP contribution < -0.4 is 14.8 Å². The number of hydrogen-bond donors (Lipinski definition) is 1. The Labute approximate surface area is 143 Å². The monoisotopic (exact) mass is 331 g/mol. The summed E-state index contributed by atoms with van der Waals surface area (Å²) in [5.41, 5.74) is 1.51. The van der Waals surface area contributed by atoms with Gasteiger partial charge in [0.05, 0.1) is 6.61 Å². The highest BCUT2D eigenvalue weighted by molar-refractivity contribution is 5.47. The maximum absolute atomic E-state index is 13.8. The van der Waals surface area contributed by atoms with E-state index in [1.54, 1.807) is 18.2 Å². The van der Waals surface area contributed by atoms with Gasteiger partial charge in [0.2, 0.25) is 0 Å². The van der Waals surface area contributed by atoms with Crippen LogP contribution in [0, 0.1) is 5.82 Å². The third-order valence-corrected chi connectivity index (χ3v) is 3.50. The van der Waals surface area contributed by atoms with Gasteiger partial charge in [-0.3, -0.25) is 0 Å². The lowest BCUT2D eigenvalue weighted by atomic mass is 10.1. The van der Waals surface area contributed by atoms with E-state index in [1.165, 1.54) is 6.07 Å². The predicted octanol–water partition coefficient (Wildman–Crippen LogP) is 4.69. The molecule has 0 radical (unpaired) electrons. The molecule has 24 heavy (non-hydrogen) atoms. The minimum atomic E-state index is -0.263. The molecule has 0 aliphatic carbocycles. The van der Waals surface area contributed by atoms with Crippen LogP contribution in [0.25, 0.3) is 0 Å². The van der Waals surface area contributed by atoms with E-state index in [1.807, 2.05) is 25.1 Å². The van der Waals surface area contributed by atoms with Crippen molar-refractivity contribution in [3.05, 3.63) is 59.4 Å². The average molecular weight is 331 g/mol. The van der Waals surface area contributed by atoms with Crippen LogP contribution >= 0.6 is 0 Å². The number of rotatable bonds is 7. The Morgan fingerprint density at radius 1 is 0.958 bits per heavy atom. The summed E-state index contributed by atoms with van der Waals surface area (Å²) in [5.74, 6) is 1.09. The Hall–Kier alpha value is -2.07. The summed E-state index contributed by atoms with van der Waals surface area (Å²) in [5, 5.41) is 3.45. The molecular weight excluding hydrogens is 305 g/mol. The summed E-state index contributed by atoms with van der Waals surface area (Å²) in [6, 6.07) is 12.5. The molecule has 0 saturated heterocycles. The second kappa shape index (κ2) is 8.15. The Morgan fingerprint density at radius 3 is 2.33 bits per heavy atom. The van der Waals surface area contributed by atoms with Crippen molar-refractivity contribution >= 4 is 0 Å². The van der Waals surface area contributed by atoms with E-state index in [0.29, 0.717) is 30.2 Å². The van der Waals surface area contributed by atoms with Crippen molar-refractivity contribution in [3.63, 3.8) is 0 Å². The van der Waals surface area contributed by atoms with Crippen LogP contribution in [0.3, 0.4) is 0 Å². The lowest BCUT2D eigenvalue weighted by molar-refractivity contribution is 0.261. The summed E-state index contributed by atoms with van der Waals surface area (Å²) >= 11 is 0. The Balaban J connectivity index is 2.22. The fraction of sp³-hybridized carbons (Fsp3) is 0.400. The van der Waals surface area contributed by atoms with Gasteiger partial charge in [-0.1, -0.05) is 30.3 Å². The molecule has 0 aliphatic rings. The number of halogens is 1. The Bertz CT molecular complexity index is 665. The number of nitrogens with one attached hydrogen (secondary N) is 1. The average Bonchev–Trinajstić information content (AvgIpc) is 2.53. The normalized spacial score (nSPS) is 11.4. The zero-order chi connectivity index (χ0) is 17.6. The molecule has 0 bridgehead atoms. The van der Waals surface area contributed by atoms with Crippen molar-refractivity contribution in [2.45, 2.75) is 46.4 Å². The fourth-order valence-corrected chi connectivity index (χ4v) is 2.26. The van der Waals surface area contributed by atoms with Crippen LogP contribution in [0.15, 0.2) is 42.5 Å². The Morgan fingerprint density at radius 2 is 1.67 bits per heavy atom. The van der Waals surface area contributed by atoms with Gasteiger partial charge >= 0.3 is 0 Å². The van der Waals surface area contributed by atoms with E-state index in [-0.39, 0.29) is 18.0 Å². The molecule has 1 N–H and O–H groups in total. The van der Waals surface area contributed by atoms with Crippen molar-refractivity contribution in [1.29, 1.82) is 0 Å². The first-order chi connectivity index (χ1) is 11.4. The maximum atomic E-state index is 13.8. The van der Waals surface area contributed by atoms with Gasteiger partial charge in [0.15, 0.2) is 11.5 Å². The molecule has 0 fully saturated rings. The van der Waals surface area contributed by atoms with E-state index in [9.17, 15) is 4.39 Å². The molecule has 130 valence electrons. The molecule has 0 unspecified atom stereocenters. The van der Waals surface area contributed by atoms with Gasteiger partial charge in [-0.2, -0.15) is 0 Å². The molecule has 0 saturated carbocycles. The van der Waals surface area contributed by atoms with E-state index in [0.717, 1.165) is 5.56 Å². The van der Waals surface area contributed by atoms with Crippen LogP contribution in [0.1, 0.15) is 38.8 Å². The van der Waals surface area contributed by atoms with Gasteiger partial charge < -0.3 is 14.8 Å². The minimum absolute atomic E-state index is 0.00950. The summed E-state index contributed by atoms with van der Waals surface area (Å²) in [4.78, 5) is 0. The van der Waals surface area contributed by atoms with Crippen LogP contribution in [-0.2, 0) is 13.2 Å². The van der Waals surface area contributed by atoms with Crippen molar-refractivity contribution in [2.24, 2.45) is 0 Å². The minimum Gasteiger partial charge on any atom is -0.490 e. The molecule has 2 rings (SSSR count). The second-order valence-corrected chi connectivity index (χ2v) is 6.66. The fourth-order valence-electron chi connectivity index (χ4n) is 2.26. The smallest absolute Gasteiger partial charge is 0.166 e. The van der Waals surface area contributed by atoms with Crippen LogP contribution in [0.2, 0.25) is 0 Å². The molecule has 0 heterocycles. The van der Waals surface area contributed by atoms with Gasteiger partial charge in [-0.05, 0) is 39.8 Å². The molecule has 0 aliphatic heterocycles. The lowest BCUT2D eigenvalue weighted by Gasteiger charge is -2.22. The van der Waals surface area contributed by atoms with Crippen LogP contribution in [0.5, 0.6) is 11.5 Å². The second-order valence-electron chi connectivity index (χ2n) is 6.66. The standard InChI is InChI=1S/C20H26FNO2/c1-5-23-18-12-8-10-15(13-22-20(2,3)4)19(18)24-14-16-9-6-7-11-17(16)21/h6-12,22H,5,13-14H2,1-4H3. The van der Waals surface area contributed by atoms with E-state index >= 15 is 0 Å². The predicted molar refractivity (Wildman–Crippen MR) is 94.9 cm³/mol. The van der Waals surface area contributed by atoms with E-state index in [2.05, 4.69) is 26.1 Å². The van der Waals surface area contributed by atoms with Crippen molar-refractivity contribution in [3.8, 4) is 11.5 Å². The molecule has 2 aromatic rings. The van der Waals surface area contributed by atoms with Gasteiger partial charge in [-0.25, -0.2) is 4.39 Å². The third kappa shape index (κ3) is 5.24. The highest BCUT2D eigenvalue weighted by atomic mass is 19.1. The topological polar surface area (TPSA) is 30.5 Å². The third-order valence-electron chi connectivity index (χ3n) is 3.50. The zero-order valence-corrected chi connectivity index (χ0v) is 14.9. The summed E-state index contributed by atoms with van der Waals surface area (Å²) in [7, 11) is 0. The summed E-state index contributed by atoms with van der Waals surface area (Å²) in [6.45, 7) is 9.63. The van der Waals surface area contributed by atoms with Gasteiger partial charge in [0, 0.05) is 23.2 Å². The maximum Gasteiger partial charge on any atom is 0.166 e. The van der Waals surface area contributed by atoms with Gasteiger partial charge in [-0.15, -0.1) is 0 Å². The van der Waals surface area contributed by atoms with Crippen molar-refractivity contribution < 1.29 is 13.9 Å². The molecule has 0 atom stereocenters. The molecule has 4 heteroatoms. The molecule has 3 nitrogen and oxygen atoms in total. The first-order valence-corrected chi connectivity index (χ1v) is 8.26. The number of hydrogen-bond acceptors (Lipinski definition) is 3. The SMILES string of the molecule is CCOc1cccc(CNC(C)(C)C)c1OCc1ccccc1F. The summed E-state index contributed by atoms with van der Waals surface area (Å²) in [6.07, 6.45) is 0. The largest absolute Gasteiger partial charge is 0.490 e. The quantitative estimate of drug-likeness (QED) is 0.798. The van der Waals surface area contributed by atoms with E-state index < -0.39 is 0 Å². The van der Waals surface area contributed by atoms with Crippen LogP contribution in [0.4, 0.5) is 4.39 Å². The zero-order valence-electron chi connectivity index (χ0n) is 14.9. The highest BCUT2D eigenvalue weighted by Crippen LogP contribution is 2.32. The first kappa shape index (κ1) is 18.3. The van der Waals surface area contributed by atoms with Crippen molar-refractivity contribution in [2.75, 3.05) is 6.61 Å². The molecule has 0 spiro atoms. The van der Waals surface area contributed by atoms with Gasteiger partial charge in [0.25, 0.3) is 0 Å². The molecule has 0 aromatic heterocycles. The number of ether oxygens (including phenoxy) is 2. The van der Waals surface area contributed by atoms with Crippen molar-refractivity contribution in [1.82, 2.24) is 5.32 Å². The van der Waals surface area contributed by atoms with E-state index in [4.69, 9.17) is 9.47 Å². The number of para-hydroxylation sites is 1. The molecular formula is C20H26FNO2. The van der Waals surface area contributed by atoms with Crippen LogP contribution in [-0.4, -0.2) is 12.1 Å². The summed E-state index contributed by atoms with van der Waals surface area (Å²) < 4.78 is 25.5. The molecule has 2 aromatic carbocycles. The Kier molecular flexibility index (Phi) is 6.21. The molecule has 0 amide bonds. The lowest BCUT2D eigenvalue weighted by Crippen LogP contribution is -2.35. The number of benzene rings is 2. The highest BCUT2D eigenvalue weighted by Gasteiger charge is 2.15. The van der Waals surface area contributed by atoms with Gasteiger partial charge in [0.1, 0.15) is 12.4 Å².